The summed E-state index contributed by atoms with van der Waals surface area (Å²) < 4.78 is 7.43. The Morgan fingerprint density at radius 3 is 2.88 bits per heavy atom. The molecule has 0 spiro atoms. The Morgan fingerprint density at radius 1 is 1.25 bits per heavy atom. The van der Waals surface area contributed by atoms with Crippen molar-refractivity contribution in [2.45, 2.75) is 30.3 Å². The molecular formula is C23H22N4O3S2. The number of carbonyl (C=O) groups is 1. The Balaban J connectivity index is 1.64. The van der Waals surface area contributed by atoms with Gasteiger partial charge in [-0.15, -0.1) is 11.3 Å². The average Bonchev–Trinajstić information content (AvgIpc) is 3.29. The number of ether oxygens (including phenoxy) is 1. The SMILES string of the molecule is CC[C@H](Sc1nc2ccsc2c(=O)n1Cc1ccccn1)C(=O)Nc1cccc(OC)c1. The number of hydrogen-bond acceptors (Lipinski definition) is 7. The van der Waals surface area contributed by atoms with E-state index in [1.54, 1.807) is 23.9 Å². The molecule has 1 N–H and O–H groups in total. The fraction of sp³-hybridized carbons (Fsp3) is 0.217. The van der Waals surface area contributed by atoms with Crippen LogP contribution >= 0.6 is 23.1 Å². The number of rotatable bonds is 8. The normalized spacial score (nSPS) is 11.9. The van der Waals surface area contributed by atoms with Crippen LogP contribution in [0.2, 0.25) is 0 Å². The topological polar surface area (TPSA) is 86.1 Å². The molecule has 0 aliphatic carbocycles. The van der Waals surface area contributed by atoms with Gasteiger partial charge in [-0.05, 0) is 42.1 Å². The Kier molecular flexibility index (Phi) is 6.87. The van der Waals surface area contributed by atoms with Crippen LogP contribution < -0.4 is 15.6 Å². The monoisotopic (exact) mass is 466 g/mol. The van der Waals surface area contributed by atoms with E-state index in [9.17, 15) is 9.59 Å². The second-order valence-electron chi connectivity index (χ2n) is 6.98. The number of methoxy groups -OCH3 is 1. The minimum Gasteiger partial charge on any atom is -0.497 e. The molecule has 9 heteroatoms. The number of hydrogen-bond donors (Lipinski definition) is 1. The lowest BCUT2D eigenvalue weighted by Gasteiger charge is -2.17. The summed E-state index contributed by atoms with van der Waals surface area (Å²) in [5, 5.41) is 4.86. The van der Waals surface area contributed by atoms with Gasteiger partial charge in [0.1, 0.15) is 10.4 Å². The minimum absolute atomic E-state index is 0.124. The zero-order valence-electron chi connectivity index (χ0n) is 17.6. The van der Waals surface area contributed by atoms with Crippen molar-refractivity contribution in [1.29, 1.82) is 0 Å². The first kappa shape index (κ1) is 22.0. The smallest absolute Gasteiger partial charge is 0.272 e. The number of anilines is 1. The average molecular weight is 467 g/mol. The lowest BCUT2D eigenvalue weighted by atomic mass is 10.2. The second-order valence-corrected chi connectivity index (χ2v) is 9.06. The lowest BCUT2D eigenvalue weighted by molar-refractivity contribution is -0.115. The third-order valence-corrected chi connectivity index (χ3v) is 7.07. The quantitative estimate of drug-likeness (QED) is 0.306. The lowest BCUT2D eigenvalue weighted by Crippen LogP contribution is -2.28. The van der Waals surface area contributed by atoms with Gasteiger partial charge in [0.2, 0.25) is 5.91 Å². The third-order valence-electron chi connectivity index (χ3n) is 4.83. The van der Waals surface area contributed by atoms with Crippen molar-refractivity contribution in [2.75, 3.05) is 12.4 Å². The summed E-state index contributed by atoms with van der Waals surface area (Å²) in [6.45, 7) is 2.23. The molecule has 4 rings (SSSR count). The van der Waals surface area contributed by atoms with Crippen molar-refractivity contribution < 1.29 is 9.53 Å². The van der Waals surface area contributed by atoms with Gasteiger partial charge in [0.25, 0.3) is 5.56 Å². The number of thioether (sulfide) groups is 1. The number of pyridine rings is 1. The van der Waals surface area contributed by atoms with Crippen LogP contribution in [0.1, 0.15) is 19.0 Å². The second kappa shape index (κ2) is 9.97. The van der Waals surface area contributed by atoms with Crippen LogP contribution in [0.4, 0.5) is 5.69 Å². The molecule has 0 saturated carbocycles. The summed E-state index contributed by atoms with van der Waals surface area (Å²) in [6, 6.07) is 14.6. The number of benzene rings is 1. The third kappa shape index (κ3) is 4.84. The van der Waals surface area contributed by atoms with Crippen LogP contribution in [0, 0.1) is 0 Å². The molecule has 1 aromatic carbocycles. The maximum absolute atomic E-state index is 13.2. The first-order valence-corrected chi connectivity index (χ1v) is 11.8. The molecule has 3 aromatic heterocycles. The highest BCUT2D eigenvalue weighted by Crippen LogP contribution is 2.28. The molecule has 164 valence electrons. The van der Waals surface area contributed by atoms with E-state index in [1.165, 1.54) is 23.1 Å². The van der Waals surface area contributed by atoms with E-state index >= 15 is 0 Å². The first-order chi connectivity index (χ1) is 15.6. The van der Waals surface area contributed by atoms with Gasteiger partial charge in [-0.1, -0.05) is 30.8 Å². The van der Waals surface area contributed by atoms with Gasteiger partial charge in [-0.25, -0.2) is 4.98 Å². The maximum Gasteiger partial charge on any atom is 0.272 e. The van der Waals surface area contributed by atoms with Crippen molar-refractivity contribution in [2.24, 2.45) is 0 Å². The van der Waals surface area contributed by atoms with Crippen molar-refractivity contribution in [3.05, 3.63) is 76.2 Å². The Morgan fingerprint density at radius 2 is 2.12 bits per heavy atom. The van der Waals surface area contributed by atoms with Crippen LogP contribution in [0.3, 0.4) is 0 Å². The van der Waals surface area contributed by atoms with Gasteiger partial charge < -0.3 is 10.1 Å². The van der Waals surface area contributed by atoms with Crippen LogP contribution in [0.25, 0.3) is 10.2 Å². The Hall–Kier alpha value is -3.17. The maximum atomic E-state index is 13.2. The van der Waals surface area contributed by atoms with Crippen LogP contribution in [-0.2, 0) is 11.3 Å². The molecule has 0 bridgehead atoms. The van der Waals surface area contributed by atoms with E-state index in [0.717, 1.165) is 5.69 Å². The summed E-state index contributed by atoms with van der Waals surface area (Å²) in [5.74, 6) is 0.507. The number of aromatic nitrogens is 3. The molecule has 3 heterocycles. The molecule has 1 atom stereocenters. The predicted octanol–water partition coefficient (Wildman–Crippen LogP) is 4.42. The predicted molar refractivity (Wildman–Crippen MR) is 129 cm³/mol. The molecule has 0 aliphatic rings. The molecule has 0 fully saturated rings. The van der Waals surface area contributed by atoms with Gasteiger partial charge in [-0.2, -0.15) is 0 Å². The highest BCUT2D eigenvalue weighted by molar-refractivity contribution is 8.00. The number of nitrogens with one attached hydrogen (secondary N) is 1. The van der Waals surface area contributed by atoms with Gasteiger partial charge in [-0.3, -0.25) is 19.1 Å². The summed E-state index contributed by atoms with van der Waals surface area (Å²) in [4.78, 5) is 35.3. The summed E-state index contributed by atoms with van der Waals surface area (Å²) in [5.41, 5.74) is 1.92. The molecule has 0 aliphatic heterocycles. The van der Waals surface area contributed by atoms with Crippen molar-refractivity contribution in [1.82, 2.24) is 14.5 Å². The van der Waals surface area contributed by atoms with Gasteiger partial charge in [0, 0.05) is 18.0 Å². The van der Waals surface area contributed by atoms with Crippen LogP contribution in [-0.4, -0.2) is 32.8 Å². The number of fused-ring (bicyclic) bond motifs is 1. The van der Waals surface area contributed by atoms with Crippen molar-refractivity contribution >= 4 is 44.9 Å². The van der Waals surface area contributed by atoms with Crippen molar-refractivity contribution in [3.8, 4) is 5.75 Å². The van der Waals surface area contributed by atoms with E-state index in [2.05, 4.69) is 10.3 Å². The van der Waals surface area contributed by atoms with Crippen LogP contribution in [0.5, 0.6) is 5.75 Å². The standard InChI is InChI=1S/C23H22N4O3S2/c1-3-19(21(28)25-15-8-6-9-17(13-15)30-2)32-23-26-18-10-12-31-20(18)22(29)27(23)14-16-7-4-5-11-24-16/h4-13,19H,3,14H2,1-2H3,(H,25,28)/t19-/m0/s1. The zero-order chi connectivity index (χ0) is 22.5. The molecule has 1 amide bonds. The number of thiophene rings is 1. The first-order valence-electron chi connectivity index (χ1n) is 10.1. The molecule has 0 radical (unpaired) electrons. The summed E-state index contributed by atoms with van der Waals surface area (Å²) in [6.07, 6.45) is 2.27. The number of carbonyl (C=O) groups excluding carboxylic acids is 1. The van der Waals surface area contributed by atoms with Crippen molar-refractivity contribution in [3.63, 3.8) is 0 Å². The van der Waals surface area contributed by atoms with E-state index in [4.69, 9.17) is 9.72 Å². The molecule has 0 unspecified atom stereocenters. The summed E-state index contributed by atoms with van der Waals surface area (Å²) in [7, 11) is 1.58. The Labute approximate surface area is 193 Å². The van der Waals surface area contributed by atoms with E-state index in [-0.39, 0.29) is 18.0 Å². The molecule has 32 heavy (non-hydrogen) atoms. The van der Waals surface area contributed by atoms with Gasteiger partial charge in [0.15, 0.2) is 5.16 Å². The van der Waals surface area contributed by atoms with E-state index < -0.39 is 5.25 Å². The largest absolute Gasteiger partial charge is 0.497 e. The highest BCUT2D eigenvalue weighted by Gasteiger charge is 2.23. The molecule has 0 saturated heterocycles. The van der Waals surface area contributed by atoms with Crippen LogP contribution in [0.15, 0.2) is 70.1 Å². The molecule has 4 aromatic rings. The van der Waals surface area contributed by atoms with Gasteiger partial charge in [0.05, 0.1) is 30.1 Å². The zero-order valence-corrected chi connectivity index (χ0v) is 19.3. The Bertz CT molecular complexity index is 1290. The minimum atomic E-state index is -0.431. The summed E-state index contributed by atoms with van der Waals surface area (Å²) >= 11 is 2.66. The highest BCUT2D eigenvalue weighted by atomic mass is 32.2. The van der Waals surface area contributed by atoms with Gasteiger partial charge >= 0.3 is 0 Å². The van der Waals surface area contributed by atoms with E-state index in [0.29, 0.717) is 33.2 Å². The van der Waals surface area contributed by atoms with E-state index in [1.807, 2.05) is 54.8 Å². The number of nitrogens with zero attached hydrogens (tertiary/aromatic N) is 3. The molecule has 7 nitrogen and oxygen atoms in total. The molecular weight excluding hydrogens is 444 g/mol. The fourth-order valence-electron chi connectivity index (χ4n) is 3.18. The fourth-order valence-corrected chi connectivity index (χ4v) is 4.97. The number of amides is 1.